The number of para-hydroxylation sites is 1. The lowest BCUT2D eigenvalue weighted by Crippen LogP contribution is -1.91. The summed E-state index contributed by atoms with van der Waals surface area (Å²) in [5.74, 6) is 0. The van der Waals surface area contributed by atoms with Crippen LogP contribution in [0, 0.1) is 0 Å². The maximum atomic E-state index is 9.63. The van der Waals surface area contributed by atoms with E-state index in [2.05, 4.69) is 0 Å². The van der Waals surface area contributed by atoms with Gasteiger partial charge in [-0.1, -0.05) is 151 Å². The van der Waals surface area contributed by atoms with Crippen molar-refractivity contribution in [1.29, 1.82) is 0 Å². The molecule has 0 unspecified atom stereocenters. The molecule has 11 rings (SSSR count). The van der Waals surface area contributed by atoms with Gasteiger partial charge < -0.3 is 8.83 Å². The van der Waals surface area contributed by atoms with Gasteiger partial charge in [0.05, 0.1) is 41.1 Å². The number of rotatable bonds is 4. The lowest BCUT2D eigenvalue weighted by Gasteiger charge is -2.18. The molecule has 52 heavy (non-hydrogen) atoms. The fourth-order valence-corrected chi connectivity index (χ4v) is 6.25. The lowest BCUT2D eigenvalue weighted by molar-refractivity contribution is 0.663. The van der Waals surface area contributed by atoms with E-state index < -0.39 is 275 Å². The Labute approximate surface area is 341 Å². The Kier molecular flexibility index (Phi) is 2.63. The van der Waals surface area contributed by atoms with E-state index in [9.17, 15) is 20.6 Å². The predicted octanol–water partition coefficient (Wildman–Crippen LogP) is 14.5. The van der Waals surface area contributed by atoms with Crippen molar-refractivity contribution in [3.05, 3.63) is 181 Å². The van der Waals surface area contributed by atoms with Gasteiger partial charge in [-0.3, -0.25) is 0 Å². The predicted molar refractivity (Wildman–Crippen MR) is 218 cm³/mol. The van der Waals surface area contributed by atoms with Crippen LogP contribution >= 0.6 is 0 Å². The van der Waals surface area contributed by atoms with Crippen LogP contribution in [0.3, 0.4) is 0 Å². The van der Waals surface area contributed by atoms with Gasteiger partial charge in [0, 0.05) is 21.5 Å². The van der Waals surface area contributed by atoms with Crippen LogP contribution in [0.15, 0.2) is 190 Å². The summed E-state index contributed by atoms with van der Waals surface area (Å²) in [4.78, 5) is 0. The van der Waals surface area contributed by atoms with Crippen molar-refractivity contribution in [2.24, 2.45) is 0 Å². The Morgan fingerprint density at radius 2 is 0.654 bits per heavy atom. The number of furan rings is 2. The molecular formula is C50H30O2. The van der Waals surface area contributed by atoms with Gasteiger partial charge in [-0.05, 0) is 96.3 Å². The zero-order chi connectivity index (χ0) is 60.3. The van der Waals surface area contributed by atoms with Gasteiger partial charge >= 0.3 is 0 Å². The molecule has 2 nitrogen and oxygen atoms in total. The van der Waals surface area contributed by atoms with Crippen molar-refractivity contribution in [2.45, 2.75) is 0 Å². The van der Waals surface area contributed by atoms with Crippen LogP contribution in [0.1, 0.15) is 41.1 Å². The highest BCUT2D eigenvalue weighted by Crippen LogP contribution is 2.45. The summed E-state index contributed by atoms with van der Waals surface area (Å²) >= 11 is 0. The quantitative estimate of drug-likeness (QED) is 0.172. The monoisotopic (exact) mass is 692 g/mol. The molecule has 0 saturated carbocycles. The van der Waals surface area contributed by atoms with Gasteiger partial charge in [0.25, 0.3) is 0 Å². The summed E-state index contributed by atoms with van der Waals surface area (Å²) in [5, 5.41) is -4.33. The molecule has 2 aromatic heterocycles. The van der Waals surface area contributed by atoms with Crippen LogP contribution in [0.2, 0.25) is 0 Å². The van der Waals surface area contributed by atoms with E-state index in [0.29, 0.717) is 0 Å². The number of fused-ring (bicyclic) bond motifs is 9. The SMILES string of the molecule is [2H]c1c([2H])c([2H])c(-c2c([2H])c([2H])c(-c3c4c([2H])c([2H])c([2H])c([2H])c4c(-c4c([2H])c([2H])c(-c5c([2H])c([2H])c6c(oc7c([2H])c([2H])c8oc9c([2H])c([2H])c([2H])c([2H])c9c8c76)c5[2H])c([2H])c4[2H])c4c([2H])c([2H])c([2H])c([2H])c34)c([2H])c2[2H])c([2H])c1[2H]. The first-order valence-electron chi connectivity index (χ1n) is 30.3. The summed E-state index contributed by atoms with van der Waals surface area (Å²) in [6.07, 6.45) is 0. The van der Waals surface area contributed by atoms with Gasteiger partial charge in [0.15, 0.2) is 0 Å². The fourth-order valence-electron chi connectivity index (χ4n) is 6.25. The van der Waals surface area contributed by atoms with Crippen molar-refractivity contribution < 1.29 is 50.0 Å². The third-order valence-electron chi connectivity index (χ3n) is 8.46. The van der Waals surface area contributed by atoms with Crippen molar-refractivity contribution >= 4 is 65.4 Å². The molecule has 0 atom stereocenters. The highest BCUT2D eigenvalue weighted by Gasteiger charge is 2.18. The molecule has 0 aliphatic carbocycles. The number of hydrogen-bond acceptors (Lipinski definition) is 2. The second-order valence-corrected chi connectivity index (χ2v) is 11.3. The van der Waals surface area contributed by atoms with Crippen molar-refractivity contribution in [3.63, 3.8) is 0 Å². The van der Waals surface area contributed by atoms with Gasteiger partial charge in [-0.15, -0.1) is 0 Å². The Morgan fingerprint density at radius 1 is 0.269 bits per heavy atom. The normalized spacial score (nSPS) is 19.9. The maximum Gasteiger partial charge on any atom is 0.136 e. The van der Waals surface area contributed by atoms with Crippen LogP contribution in [0.25, 0.3) is 110 Å². The average Bonchev–Trinajstić information content (AvgIpc) is 1.65. The third kappa shape index (κ3) is 4.38. The minimum atomic E-state index is -1.12. The molecule has 0 aliphatic rings. The standard InChI is InChI=1S/C50H30O2/c1-2-10-31(11-3-1)32-18-22-34(23-19-32)47-37-12-4-6-14-39(37)48(40-15-7-5-13-38(40)47)35-24-20-33(21-25-35)36-26-27-42-46(30-36)52-45-29-28-44-49(50(42)45)41-16-8-9-17-43(41)51-44/h1-30H/i1D,2D,3D,4D,5D,6D,7D,8D,9D,10D,11D,12D,13D,14D,15D,16D,17D,18D,19D,20D,21D,22D,23D,24D,25D,26D,27D,28D,29D,30D. The summed E-state index contributed by atoms with van der Waals surface area (Å²) < 4.78 is 281. The van der Waals surface area contributed by atoms with E-state index in [0.717, 1.165) is 0 Å². The molecule has 0 bridgehead atoms. The number of hydrogen-bond donors (Lipinski definition) is 0. The minimum Gasteiger partial charge on any atom is -0.456 e. The molecule has 242 valence electrons. The molecule has 0 spiro atoms. The van der Waals surface area contributed by atoms with E-state index in [4.69, 9.17) is 29.4 Å². The highest BCUT2D eigenvalue weighted by atomic mass is 16.3. The first-order valence-corrected chi connectivity index (χ1v) is 15.3. The minimum absolute atomic E-state index is 0.227. The first-order chi connectivity index (χ1) is 38.3. The summed E-state index contributed by atoms with van der Waals surface area (Å²) in [5.41, 5.74) is -8.48. The smallest absolute Gasteiger partial charge is 0.136 e. The van der Waals surface area contributed by atoms with Crippen LogP contribution in [-0.4, -0.2) is 0 Å². The topological polar surface area (TPSA) is 26.3 Å². The Hall–Kier alpha value is -6.90. The van der Waals surface area contributed by atoms with Gasteiger partial charge in [0.2, 0.25) is 0 Å². The largest absolute Gasteiger partial charge is 0.456 e. The Bertz CT molecular complexity index is 4750. The van der Waals surface area contributed by atoms with E-state index in [-0.39, 0.29) is 16.2 Å². The molecule has 0 radical (unpaired) electrons. The zero-order valence-electron chi connectivity index (χ0n) is 55.8. The van der Waals surface area contributed by atoms with E-state index in [1.54, 1.807) is 0 Å². The second-order valence-electron chi connectivity index (χ2n) is 11.3. The van der Waals surface area contributed by atoms with Crippen LogP contribution < -0.4 is 0 Å². The molecule has 2 heteroatoms. The molecule has 0 amide bonds. The Balaban J connectivity index is 1.27. The molecule has 11 aromatic rings. The molecule has 0 N–H and O–H groups in total. The average molecular weight is 693 g/mol. The van der Waals surface area contributed by atoms with Crippen LogP contribution in [-0.2, 0) is 0 Å². The fraction of sp³-hybridized carbons (Fsp3) is 0. The van der Waals surface area contributed by atoms with Gasteiger partial charge in [-0.2, -0.15) is 0 Å². The molecule has 2 heterocycles. The maximum absolute atomic E-state index is 9.63. The third-order valence-corrected chi connectivity index (χ3v) is 8.46. The van der Waals surface area contributed by atoms with Crippen molar-refractivity contribution in [2.75, 3.05) is 0 Å². The molecule has 0 fully saturated rings. The van der Waals surface area contributed by atoms with Crippen LogP contribution in [0.4, 0.5) is 0 Å². The molecule has 0 aliphatic heterocycles. The number of benzene rings is 9. The first kappa shape index (κ1) is 12.1. The summed E-state index contributed by atoms with van der Waals surface area (Å²) in [7, 11) is 0. The van der Waals surface area contributed by atoms with Gasteiger partial charge in [-0.25, -0.2) is 0 Å². The van der Waals surface area contributed by atoms with E-state index >= 15 is 0 Å². The van der Waals surface area contributed by atoms with Gasteiger partial charge in [0.1, 0.15) is 22.3 Å². The summed E-state index contributed by atoms with van der Waals surface area (Å²) in [6.45, 7) is 0. The molecule has 9 aromatic carbocycles. The van der Waals surface area contributed by atoms with Crippen molar-refractivity contribution in [3.8, 4) is 44.5 Å². The van der Waals surface area contributed by atoms with E-state index in [1.807, 2.05) is 0 Å². The highest BCUT2D eigenvalue weighted by molar-refractivity contribution is 6.26. The van der Waals surface area contributed by atoms with Crippen molar-refractivity contribution in [1.82, 2.24) is 0 Å². The van der Waals surface area contributed by atoms with E-state index in [1.165, 1.54) is 0 Å². The summed E-state index contributed by atoms with van der Waals surface area (Å²) in [6, 6.07) is -28.1. The van der Waals surface area contributed by atoms with Crippen LogP contribution in [0.5, 0.6) is 0 Å². The zero-order valence-corrected chi connectivity index (χ0v) is 25.8. The molecule has 0 saturated heterocycles. The lowest BCUT2D eigenvalue weighted by atomic mass is 9.85. The second kappa shape index (κ2) is 11.3. The Morgan fingerprint density at radius 3 is 1.21 bits per heavy atom. The molecular weight excluding hydrogens is 633 g/mol.